The Bertz CT molecular complexity index is 744. The molecule has 1 aliphatic rings. The Labute approximate surface area is 117 Å². The van der Waals surface area contributed by atoms with Crippen molar-refractivity contribution in [2.75, 3.05) is 0 Å². The molecular formula is C17H15N3. The highest BCUT2D eigenvalue weighted by Crippen LogP contribution is 2.28. The second-order valence-electron chi connectivity index (χ2n) is 5.02. The van der Waals surface area contributed by atoms with E-state index in [0.717, 1.165) is 13.1 Å². The van der Waals surface area contributed by atoms with Crippen LogP contribution in [0.5, 0.6) is 0 Å². The minimum Gasteiger partial charge on any atom is -0.307 e. The van der Waals surface area contributed by atoms with Gasteiger partial charge in [0.05, 0.1) is 17.6 Å². The van der Waals surface area contributed by atoms with Gasteiger partial charge in [-0.05, 0) is 17.2 Å². The van der Waals surface area contributed by atoms with Crippen LogP contribution in [0.25, 0.3) is 16.8 Å². The molecule has 0 saturated heterocycles. The Hall–Kier alpha value is -2.39. The standard InChI is InChI=1S/C17H15N3/c1-2-6-13(7-3-1)15-11-19-20-16-9-5-4-8-14(16)10-18-12-17(15)20/h1-9,11,18H,10,12H2. The highest BCUT2D eigenvalue weighted by atomic mass is 15.3. The Balaban J connectivity index is 1.92. The second-order valence-corrected chi connectivity index (χ2v) is 5.02. The van der Waals surface area contributed by atoms with Gasteiger partial charge in [-0.15, -0.1) is 0 Å². The number of hydrogen-bond acceptors (Lipinski definition) is 2. The molecule has 1 aliphatic heterocycles. The van der Waals surface area contributed by atoms with Crippen molar-refractivity contribution in [1.29, 1.82) is 0 Å². The van der Waals surface area contributed by atoms with Gasteiger partial charge < -0.3 is 5.32 Å². The summed E-state index contributed by atoms with van der Waals surface area (Å²) in [6.45, 7) is 1.71. The summed E-state index contributed by atoms with van der Waals surface area (Å²) < 4.78 is 2.07. The smallest absolute Gasteiger partial charge is 0.0694 e. The van der Waals surface area contributed by atoms with Gasteiger partial charge in [0.25, 0.3) is 0 Å². The van der Waals surface area contributed by atoms with Gasteiger partial charge in [0, 0.05) is 18.7 Å². The van der Waals surface area contributed by atoms with Gasteiger partial charge in [-0.25, -0.2) is 4.68 Å². The van der Waals surface area contributed by atoms with Crippen LogP contribution in [-0.2, 0) is 13.1 Å². The molecule has 0 amide bonds. The van der Waals surface area contributed by atoms with Gasteiger partial charge in [0.1, 0.15) is 0 Å². The lowest BCUT2D eigenvalue weighted by molar-refractivity contribution is 0.686. The van der Waals surface area contributed by atoms with Crippen LogP contribution in [0.4, 0.5) is 0 Å². The number of rotatable bonds is 1. The lowest BCUT2D eigenvalue weighted by atomic mass is 10.1. The average molecular weight is 261 g/mol. The van der Waals surface area contributed by atoms with Crippen molar-refractivity contribution in [2.45, 2.75) is 13.1 Å². The molecule has 1 N–H and O–H groups in total. The molecule has 98 valence electrons. The first-order valence-corrected chi connectivity index (χ1v) is 6.85. The minimum atomic E-state index is 0.832. The molecule has 0 radical (unpaired) electrons. The molecule has 20 heavy (non-hydrogen) atoms. The summed E-state index contributed by atoms with van der Waals surface area (Å²) in [6.07, 6.45) is 1.97. The average Bonchev–Trinajstić information content (AvgIpc) is 2.84. The first kappa shape index (κ1) is 11.4. The number of hydrogen-bond donors (Lipinski definition) is 1. The summed E-state index contributed by atoms with van der Waals surface area (Å²) in [5.41, 5.74) is 6.11. The van der Waals surface area contributed by atoms with Crippen molar-refractivity contribution in [3.63, 3.8) is 0 Å². The number of fused-ring (bicyclic) bond motifs is 3. The maximum atomic E-state index is 4.61. The highest BCUT2D eigenvalue weighted by molar-refractivity contribution is 5.66. The largest absolute Gasteiger partial charge is 0.307 e. The third-order valence-corrected chi connectivity index (χ3v) is 3.78. The van der Waals surface area contributed by atoms with Gasteiger partial charge in [-0.3, -0.25) is 0 Å². The molecule has 3 nitrogen and oxygen atoms in total. The summed E-state index contributed by atoms with van der Waals surface area (Å²) in [5, 5.41) is 8.11. The van der Waals surface area contributed by atoms with Crippen molar-refractivity contribution in [3.05, 3.63) is 72.1 Å². The van der Waals surface area contributed by atoms with E-state index < -0.39 is 0 Å². The first-order chi connectivity index (χ1) is 9.93. The molecule has 0 saturated carbocycles. The summed E-state index contributed by atoms with van der Waals surface area (Å²) in [5.74, 6) is 0. The van der Waals surface area contributed by atoms with E-state index in [0.29, 0.717) is 0 Å². The predicted octanol–water partition coefficient (Wildman–Crippen LogP) is 3.14. The van der Waals surface area contributed by atoms with Crippen LogP contribution in [0.1, 0.15) is 11.3 Å². The summed E-state index contributed by atoms with van der Waals surface area (Å²) in [4.78, 5) is 0. The second kappa shape index (κ2) is 4.62. The van der Waals surface area contributed by atoms with Gasteiger partial charge >= 0.3 is 0 Å². The van der Waals surface area contributed by atoms with Crippen LogP contribution in [0.3, 0.4) is 0 Å². The van der Waals surface area contributed by atoms with Crippen molar-refractivity contribution >= 4 is 0 Å². The summed E-state index contributed by atoms with van der Waals surface area (Å²) >= 11 is 0. The molecule has 0 fully saturated rings. The molecule has 0 unspecified atom stereocenters. The molecule has 2 aromatic carbocycles. The van der Waals surface area contributed by atoms with E-state index in [9.17, 15) is 0 Å². The van der Waals surface area contributed by atoms with Crippen molar-refractivity contribution in [2.24, 2.45) is 0 Å². The molecule has 1 aromatic heterocycles. The van der Waals surface area contributed by atoms with Gasteiger partial charge in [0.2, 0.25) is 0 Å². The highest BCUT2D eigenvalue weighted by Gasteiger charge is 2.18. The fraction of sp³-hybridized carbons (Fsp3) is 0.118. The fourth-order valence-corrected chi connectivity index (χ4v) is 2.79. The van der Waals surface area contributed by atoms with Crippen molar-refractivity contribution < 1.29 is 0 Å². The number of benzene rings is 2. The molecule has 2 heterocycles. The maximum Gasteiger partial charge on any atom is 0.0694 e. The Kier molecular flexibility index (Phi) is 2.64. The molecule has 3 heteroatoms. The number of aromatic nitrogens is 2. The molecule has 0 bridgehead atoms. The summed E-state index contributed by atoms with van der Waals surface area (Å²) in [6, 6.07) is 18.9. The van der Waals surface area contributed by atoms with E-state index >= 15 is 0 Å². The van der Waals surface area contributed by atoms with Gasteiger partial charge in [-0.2, -0.15) is 5.10 Å². The zero-order chi connectivity index (χ0) is 13.4. The Morgan fingerprint density at radius 1 is 0.900 bits per heavy atom. The fourth-order valence-electron chi connectivity index (χ4n) is 2.79. The van der Waals surface area contributed by atoms with Crippen LogP contribution in [-0.4, -0.2) is 9.78 Å². The molecule has 0 spiro atoms. The monoisotopic (exact) mass is 261 g/mol. The normalized spacial score (nSPS) is 13.4. The third kappa shape index (κ3) is 1.75. The van der Waals surface area contributed by atoms with Crippen molar-refractivity contribution in [1.82, 2.24) is 15.1 Å². The Morgan fingerprint density at radius 3 is 2.60 bits per heavy atom. The minimum absolute atomic E-state index is 0.832. The number of nitrogens with zero attached hydrogens (tertiary/aromatic N) is 2. The third-order valence-electron chi connectivity index (χ3n) is 3.78. The lowest BCUT2D eigenvalue weighted by Crippen LogP contribution is -2.11. The molecule has 3 aromatic rings. The quantitative estimate of drug-likeness (QED) is 0.729. The van der Waals surface area contributed by atoms with Crippen molar-refractivity contribution in [3.8, 4) is 16.8 Å². The lowest BCUT2D eigenvalue weighted by Gasteiger charge is -2.07. The zero-order valence-corrected chi connectivity index (χ0v) is 11.1. The zero-order valence-electron chi connectivity index (χ0n) is 11.1. The first-order valence-electron chi connectivity index (χ1n) is 6.85. The van der Waals surface area contributed by atoms with E-state index in [4.69, 9.17) is 0 Å². The molecular weight excluding hydrogens is 246 g/mol. The maximum absolute atomic E-state index is 4.61. The molecule has 0 atom stereocenters. The van der Waals surface area contributed by atoms with Crippen LogP contribution in [0.15, 0.2) is 60.8 Å². The van der Waals surface area contributed by atoms with E-state index in [-0.39, 0.29) is 0 Å². The predicted molar refractivity (Wildman–Crippen MR) is 79.5 cm³/mol. The van der Waals surface area contributed by atoms with E-state index in [1.165, 1.54) is 28.1 Å². The molecule has 0 aliphatic carbocycles. The van der Waals surface area contributed by atoms with Crippen LogP contribution >= 0.6 is 0 Å². The van der Waals surface area contributed by atoms with Gasteiger partial charge in [-0.1, -0.05) is 48.5 Å². The SMILES string of the molecule is c1ccc(-c2cnn3c2CNCc2ccccc2-3)cc1. The number of para-hydroxylation sites is 1. The van der Waals surface area contributed by atoms with E-state index in [2.05, 4.69) is 63.6 Å². The van der Waals surface area contributed by atoms with Crippen LogP contribution in [0.2, 0.25) is 0 Å². The van der Waals surface area contributed by atoms with E-state index in [1.807, 2.05) is 12.3 Å². The number of nitrogens with one attached hydrogen (secondary N) is 1. The molecule has 4 rings (SSSR count). The van der Waals surface area contributed by atoms with Crippen LogP contribution < -0.4 is 5.32 Å². The van der Waals surface area contributed by atoms with Crippen LogP contribution in [0, 0.1) is 0 Å². The topological polar surface area (TPSA) is 29.9 Å². The summed E-state index contributed by atoms with van der Waals surface area (Å²) in [7, 11) is 0. The van der Waals surface area contributed by atoms with Gasteiger partial charge in [0.15, 0.2) is 0 Å². The van der Waals surface area contributed by atoms with E-state index in [1.54, 1.807) is 0 Å². The Morgan fingerprint density at radius 2 is 1.70 bits per heavy atom.